The van der Waals surface area contributed by atoms with E-state index in [1.807, 2.05) is 11.8 Å². The van der Waals surface area contributed by atoms with E-state index in [-0.39, 0.29) is 0 Å². The summed E-state index contributed by atoms with van der Waals surface area (Å²) in [5.41, 5.74) is 1.55. The summed E-state index contributed by atoms with van der Waals surface area (Å²) in [6.45, 7) is 2.34. The van der Waals surface area contributed by atoms with Crippen molar-refractivity contribution in [1.82, 2.24) is 5.32 Å². The SMILES string of the molecule is CC1CCC2=C(C1)NCS2. The first-order chi connectivity index (χ1) is 4.86. The molecule has 1 atom stereocenters. The summed E-state index contributed by atoms with van der Waals surface area (Å²) in [5, 5.41) is 3.43. The van der Waals surface area contributed by atoms with E-state index in [2.05, 4.69) is 12.2 Å². The lowest BCUT2D eigenvalue weighted by molar-refractivity contribution is 0.494. The first kappa shape index (κ1) is 6.59. The van der Waals surface area contributed by atoms with Gasteiger partial charge in [0.2, 0.25) is 0 Å². The summed E-state index contributed by atoms with van der Waals surface area (Å²) in [5.74, 6) is 2.03. The molecule has 1 unspecified atom stereocenters. The zero-order valence-electron chi connectivity index (χ0n) is 6.31. The Labute approximate surface area is 66.3 Å². The van der Waals surface area contributed by atoms with Crippen LogP contribution in [-0.2, 0) is 0 Å². The van der Waals surface area contributed by atoms with E-state index >= 15 is 0 Å². The molecule has 2 heteroatoms. The third-order valence-corrected chi connectivity index (χ3v) is 3.37. The Balaban J connectivity index is 2.13. The van der Waals surface area contributed by atoms with Crippen LogP contribution in [0.15, 0.2) is 10.6 Å². The van der Waals surface area contributed by atoms with Gasteiger partial charge in [-0.25, -0.2) is 0 Å². The third-order valence-electron chi connectivity index (χ3n) is 2.29. The van der Waals surface area contributed by atoms with Crippen LogP contribution >= 0.6 is 11.8 Å². The Morgan fingerprint density at radius 1 is 1.60 bits per heavy atom. The molecular formula is C8H13NS. The van der Waals surface area contributed by atoms with Crippen molar-refractivity contribution in [3.05, 3.63) is 10.6 Å². The summed E-state index contributed by atoms with van der Waals surface area (Å²) in [4.78, 5) is 1.64. The van der Waals surface area contributed by atoms with Crippen LogP contribution in [0.5, 0.6) is 0 Å². The average Bonchev–Trinajstić information content (AvgIpc) is 2.33. The Bertz CT molecular complexity index is 174. The second kappa shape index (κ2) is 2.50. The third kappa shape index (κ3) is 1.05. The summed E-state index contributed by atoms with van der Waals surface area (Å²) in [6, 6.07) is 0. The lowest BCUT2D eigenvalue weighted by Gasteiger charge is -2.18. The van der Waals surface area contributed by atoms with Crippen molar-refractivity contribution in [2.75, 3.05) is 5.88 Å². The lowest BCUT2D eigenvalue weighted by Crippen LogP contribution is -2.13. The molecule has 0 saturated heterocycles. The molecule has 10 heavy (non-hydrogen) atoms. The van der Waals surface area contributed by atoms with Crippen molar-refractivity contribution in [2.24, 2.45) is 5.92 Å². The van der Waals surface area contributed by atoms with Crippen LogP contribution in [-0.4, -0.2) is 5.88 Å². The first-order valence-corrected chi connectivity index (χ1v) is 4.93. The largest absolute Gasteiger partial charge is 0.378 e. The fourth-order valence-corrected chi connectivity index (χ4v) is 2.65. The van der Waals surface area contributed by atoms with Gasteiger partial charge in [-0.15, -0.1) is 11.8 Å². The van der Waals surface area contributed by atoms with E-state index < -0.39 is 0 Å². The molecule has 0 saturated carbocycles. The van der Waals surface area contributed by atoms with E-state index in [1.165, 1.54) is 19.3 Å². The minimum atomic E-state index is 0.907. The van der Waals surface area contributed by atoms with Gasteiger partial charge in [0.05, 0.1) is 5.88 Å². The van der Waals surface area contributed by atoms with Crippen molar-refractivity contribution in [3.63, 3.8) is 0 Å². The van der Waals surface area contributed by atoms with Gasteiger partial charge in [-0.05, 0) is 25.2 Å². The zero-order valence-corrected chi connectivity index (χ0v) is 7.13. The summed E-state index contributed by atoms with van der Waals surface area (Å²) in [6.07, 6.45) is 4.02. The van der Waals surface area contributed by atoms with Crippen LogP contribution in [0.1, 0.15) is 26.2 Å². The number of rotatable bonds is 0. The maximum atomic E-state index is 3.43. The van der Waals surface area contributed by atoms with Gasteiger partial charge in [0.15, 0.2) is 0 Å². The van der Waals surface area contributed by atoms with Crippen molar-refractivity contribution < 1.29 is 0 Å². The number of thioether (sulfide) groups is 1. The molecule has 0 amide bonds. The van der Waals surface area contributed by atoms with Gasteiger partial charge in [0.25, 0.3) is 0 Å². The van der Waals surface area contributed by atoms with Gasteiger partial charge in [-0.2, -0.15) is 0 Å². The molecular weight excluding hydrogens is 142 g/mol. The van der Waals surface area contributed by atoms with Crippen molar-refractivity contribution in [2.45, 2.75) is 26.2 Å². The molecule has 0 aromatic heterocycles. The fraction of sp³-hybridized carbons (Fsp3) is 0.750. The van der Waals surface area contributed by atoms with Gasteiger partial charge in [-0.3, -0.25) is 0 Å². The maximum Gasteiger partial charge on any atom is 0.0651 e. The van der Waals surface area contributed by atoms with Crippen LogP contribution in [0.2, 0.25) is 0 Å². The predicted octanol–water partition coefficient (Wildman–Crippen LogP) is 2.31. The standard InChI is InChI=1S/C8H13NS/c1-6-2-3-8-7(4-6)9-5-10-8/h6,9H,2-5H2,1H3. The van der Waals surface area contributed by atoms with E-state index in [0.717, 1.165) is 11.8 Å². The normalized spacial score (nSPS) is 31.9. The van der Waals surface area contributed by atoms with Gasteiger partial charge in [0.1, 0.15) is 0 Å². The van der Waals surface area contributed by atoms with Crippen LogP contribution < -0.4 is 5.32 Å². The number of nitrogens with one attached hydrogen (secondary N) is 1. The minimum Gasteiger partial charge on any atom is -0.378 e. The van der Waals surface area contributed by atoms with Gasteiger partial charge >= 0.3 is 0 Å². The number of allylic oxidation sites excluding steroid dienone is 2. The molecule has 0 fully saturated rings. The van der Waals surface area contributed by atoms with E-state index in [1.54, 1.807) is 10.6 Å². The van der Waals surface area contributed by atoms with E-state index in [4.69, 9.17) is 0 Å². The molecule has 0 bridgehead atoms. The van der Waals surface area contributed by atoms with Crippen molar-refractivity contribution >= 4 is 11.8 Å². The molecule has 56 valence electrons. The molecule has 1 aliphatic carbocycles. The van der Waals surface area contributed by atoms with Crippen molar-refractivity contribution in [3.8, 4) is 0 Å². The van der Waals surface area contributed by atoms with Crippen LogP contribution in [0.25, 0.3) is 0 Å². The van der Waals surface area contributed by atoms with Gasteiger partial charge in [0, 0.05) is 10.6 Å². The highest BCUT2D eigenvalue weighted by Gasteiger charge is 2.21. The summed E-state index contributed by atoms with van der Waals surface area (Å²) >= 11 is 2.00. The van der Waals surface area contributed by atoms with Gasteiger partial charge in [-0.1, -0.05) is 6.92 Å². The summed E-state index contributed by atoms with van der Waals surface area (Å²) in [7, 11) is 0. The quantitative estimate of drug-likeness (QED) is 0.576. The van der Waals surface area contributed by atoms with Crippen LogP contribution in [0, 0.1) is 5.92 Å². The Morgan fingerprint density at radius 2 is 2.50 bits per heavy atom. The molecule has 1 N–H and O–H groups in total. The lowest BCUT2D eigenvalue weighted by atomic mass is 9.94. The Hall–Kier alpha value is -0.110. The monoisotopic (exact) mass is 155 g/mol. The molecule has 1 heterocycles. The number of hydrogen-bond donors (Lipinski definition) is 1. The maximum absolute atomic E-state index is 3.43. The second-order valence-electron chi connectivity index (χ2n) is 3.22. The molecule has 0 aromatic carbocycles. The molecule has 1 aliphatic heterocycles. The van der Waals surface area contributed by atoms with Crippen molar-refractivity contribution in [1.29, 1.82) is 0 Å². The average molecular weight is 155 g/mol. The van der Waals surface area contributed by atoms with E-state index in [9.17, 15) is 0 Å². The summed E-state index contributed by atoms with van der Waals surface area (Å²) < 4.78 is 0. The minimum absolute atomic E-state index is 0.907. The smallest absolute Gasteiger partial charge is 0.0651 e. The Kier molecular flexibility index (Phi) is 1.65. The highest BCUT2D eigenvalue weighted by molar-refractivity contribution is 8.03. The fourth-order valence-electron chi connectivity index (χ4n) is 1.63. The molecule has 2 rings (SSSR count). The second-order valence-corrected chi connectivity index (χ2v) is 4.29. The first-order valence-electron chi connectivity index (χ1n) is 3.95. The number of hydrogen-bond acceptors (Lipinski definition) is 2. The molecule has 0 aromatic rings. The van der Waals surface area contributed by atoms with Crippen LogP contribution in [0.4, 0.5) is 0 Å². The highest BCUT2D eigenvalue weighted by Crippen LogP contribution is 2.37. The zero-order chi connectivity index (χ0) is 6.97. The molecule has 2 aliphatic rings. The highest BCUT2D eigenvalue weighted by atomic mass is 32.2. The molecule has 0 spiro atoms. The van der Waals surface area contributed by atoms with E-state index in [0.29, 0.717) is 0 Å². The predicted molar refractivity (Wildman–Crippen MR) is 45.6 cm³/mol. The topological polar surface area (TPSA) is 12.0 Å². The van der Waals surface area contributed by atoms with Crippen LogP contribution in [0.3, 0.4) is 0 Å². The molecule has 0 radical (unpaired) electrons. The van der Waals surface area contributed by atoms with Gasteiger partial charge < -0.3 is 5.32 Å². The Morgan fingerprint density at radius 3 is 3.40 bits per heavy atom. The molecule has 1 nitrogen and oxygen atoms in total.